The number of aromatic nitrogens is 1. The maximum absolute atomic E-state index is 11.8. The van der Waals surface area contributed by atoms with Gasteiger partial charge in [-0.05, 0) is 40.9 Å². The molecule has 0 unspecified atom stereocenters. The minimum atomic E-state index is 0.157. The molecule has 0 bridgehead atoms. The Labute approximate surface area is 110 Å². The summed E-state index contributed by atoms with van der Waals surface area (Å²) >= 11 is 3.43. The fourth-order valence-corrected chi connectivity index (χ4v) is 2.10. The summed E-state index contributed by atoms with van der Waals surface area (Å²) in [6, 6.07) is 2.02. The van der Waals surface area contributed by atoms with Crippen LogP contribution in [0.1, 0.15) is 12.0 Å². The summed E-state index contributed by atoms with van der Waals surface area (Å²) < 4.78 is 1.000. The lowest BCUT2D eigenvalue weighted by molar-refractivity contribution is -0.127. The molecule has 1 fully saturated rings. The monoisotopic (exact) mass is 297 g/mol. The molecule has 5 heteroatoms. The second-order valence-electron chi connectivity index (χ2n) is 4.38. The minimum Gasteiger partial charge on any atom is -0.347 e. The summed E-state index contributed by atoms with van der Waals surface area (Å²) in [6.07, 6.45) is 2.78. The molecule has 0 spiro atoms. The first kappa shape index (κ1) is 12.4. The van der Waals surface area contributed by atoms with Crippen molar-refractivity contribution in [1.29, 1.82) is 0 Å². The van der Waals surface area contributed by atoms with E-state index in [0.717, 1.165) is 35.4 Å². The normalized spacial score (nSPS) is 17.2. The summed E-state index contributed by atoms with van der Waals surface area (Å²) in [7, 11) is 1.85. The van der Waals surface area contributed by atoms with E-state index in [0.29, 0.717) is 6.54 Å². The lowest BCUT2D eigenvalue weighted by Gasteiger charge is -2.21. The molecule has 2 rings (SSSR count). The Kier molecular flexibility index (Phi) is 3.66. The largest absolute Gasteiger partial charge is 0.347 e. The number of hydrogen-bond donors (Lipinski definition) is 0. The van der Waals surface area contributed by atoms with E-state index < -0.39 is 0 Å². The number of carbonyl (C=O) groups is 1. The highest BCUT2D eigenvalue weighted by molar-refractivity contribution is 9.10. The summed E-state index contributed by atoms with van der Waals surface area (Å²) in [4.78, 5) is 20.0. The van der Waals surface area contributed by atoms with E-state index in [4.69, 9.17) is 0 Å². The van der Waals surface area contributed by atoms with Gasteiger partial charge in [-0.2, -0.15) is 0 Å². The zero-order valence-electron chi connectivity index (χ0n) is 10.1. The molecule has 0 aromatic carbocycles. The Morgan fingerprint density at radius 3 is 2.88 bits per heavy atom. The van der Waals surface area contributed by atoms with E-state index in [-0.39, 0.29) is 5.91 Å². The molecule has 17 heavy (non-hydrogen) atoms. The van der Waals surface area contributed by atoms with Gasteiger partial charge in [0, 0.05) is 30.8 Å². The molecule has 0 aliphatic carbocycles. The number of carbonyl (C=O) groups excluding carboxylic acids is 1. The number of pyridine rings is 1. The predicted octanol–water partition coefficient (Wildman–Crippen LogP) is 1.82. The van der Waals surface area contributed by atoms with Crippen molar-refractivity contribution < 1.29 is 4.79 Å². The molecule has 1 aromatic heterocycles. The van der Waals surface area contributed by atoms with Gasteiger partial charge in [0.1, 0.15) is 5.82 Å². The quantitative estimate of drug-likeness (QED) is 0.793. The first-order valence-corrected chi connectivity index (χ1v) is 6.48. The number of likely N-dealkylation sites (N-methyl/N-ethyl adjacent to an activating group) is 1. The molecule has 2 heterocycles. The standard InChI is InChI=1S/C12H16BrN3O/c1-9-6-11(14-7-10(9)13)16-5-3-4-15(2)12(17)8-16/h6-7H,3-5,8H2,1-2H3. The Bertz CT molecular complexity index is 436. The second kappa shape index (κ2) is 5.04. The number of halogens is 1. The van der Waals surface area contributed by atoms with Crippen LogP contribution in [0.25, 0.3) is 0 Å². The van der Waals surface area contributed by atoms with Crippen LogP contribution in [0.4, 0.5) is 5.82 Å². The third-order valence-corrected chi connectivity index (χ3v) is 3.86. The highest BCUT2D eigenvalue weighted by atomic mass is 79.9. The summed E-state index contributed by atoms with van der Waals surface area (Å²) in [5.41, 5.74) is 1.14. The highest BCUT2D eigenvalue weighted by Crippen LogP contribution is 2.21. The number of rotatable bonds is 1. The Balaban J connectivity index is 2.21. The first-order valence-electron chi connectivity index (χ1n) is 5.69. The number of aryl methyl sites for hydroxylation is 1. The van der Waals surface area contributed by atoms with Gasteiger partial charge in [0.2, 0.25) is 5.91 Å². The van der Waals surface area contributed by atoms with Gasteiger partial charge in [0.15, 0.2) is 0 Å². The van der Waals surface area contributed by atoms with Crippen LogP contribution in [0.15, 0.2) is 16.7 Å². The van der Waals surface area contributed by atoms with E-state index in [1.54, 1.807) is 11.1 Å². The molecule has 0 atom stereocenters. The second-order valence-corrected chi connectivity index (χ2v) is 5.24. The molecule has 1 saturated heterocycles. The average Bonchev–Trinajstić information content (AvgIpc) is 2.46. The van der Waals surface area contributed by atoms with Crippen molar-refractivity contribution in [3.63, 3.8) is 0 Å². The molecule has 1 aliphatic heterocycles. The van der Waals surface area contributed by atoms with Gasteiger partial charge in [0.05, 0.1) is 6.54 Å². The van der Waals surface area contributed by atoms with Crippen molar-refractivity contribution in [2.24, 2.45) is 0 Å². The van der Waals surface area contributed by atoms with Crippen molar-refractivity contribution in [3.8, 4) is 0 Å². The van der Waals surface area contributed by atoms with Gasteiger partial charge in [0.25, 0.3) is 0 Å². The van der Waals surface area contributed by atoms with E-state index >= 15 is 0 Å². The van der Waals surface area contributed by atoms with Crippen molar-refractivity contribution in [3.05, 3.63) is 22.3 Å². The minimum absolute atomic E-state index is 0.157. The van der Waals surface area contributed by atoms with Crippen molar-refractivity contribution in [2.45, 2.75) is 13.3 Å². The van der Waals surface area contributed by atoms with Crippen molar-refractivity contribution >= 4 is 27.7 Å². The SMILES string of the molecule is Cc1cc(N2CCCN(C)C(=O)C2)ncc1Br. The molecule has 0 N–H and O–H groups in total. The zero-order chi connectivity index (χ0) is 12.4. The smallest absolute Gasteiger partial charge is 0.241 e. The lowest BCUT2D eigenvalue weighted by atomic mass is 10.3. The maximum atomic E-state index is 11.8. The van der Waals surface area contributed by atoms with Gasteiger partial charge in [-0.15, -0.1) is 0 Å². The molecule has 1 amide bonds. The van der Waals surface area contributed by atoms with Gasteiger partial charge in [-0.1, -0.05) is 0 Å². The van der Waals surface area contributed by atoms with Crippen LogP contribution in [-0.2, 0) is 4.79 Å². The van der Waals surface area contributed by atoms with Crippen LogP contribution in [0, 0.1) is 6.92 Å². The van der Waals surface area contributed by atoms with Crippen molar-refractivity contribution in [2.75, 3.05) is 31.6 Å². The fourth-order valence-electron chi connectivity index (χ4n) is 1.88. The van der Waals surface area contributed by atoms with Gasteiger partial charge in [-0.25, -0.2) is 4.98 Å². The number of hydrogen-bond acceptors (Lipinski definition) is 3. The summed E-state index contributed by atoms with van der Waals surface area (Å²) in [6.45, 7) is 4.15. The van der Waals surface area contributed by atoms with Gasteiger partial charge >= 0.3 is 0 Å². The summed E-state index contributed by atoms with van der Waals surface area (Å²) in [5, 5.41) is 0. The van der Waals surface area contributed by atoms with Crippen molar-refractivity contribution in [1.82, 2.24) is 9.88 Å². The van der Waals surface area contributed by atoms with Crippen LogP contribution in [-0.4, -0.2) is 42.5 Å². The third-order valence-electron chi connectivity index (χ3n) is 3.03. The fraction of sp³-hybridized carbons (Fsp3) is 0.500. The number of nitrogens with zero attached hydrogens (tertiary/aromatic N) is 3. The highest BCUT2D eigenvalue weighted by Gasteiger charge is 2.20. The van der Waals surface area contributed by atoms with Gasteiger partial charge in [-0.3, -0.25) is 4.79 Å². The maximum Gasteiger partial charge on any atom is 0.241 e. The number of amides is 1. The average molecular weight is 298 g/mol. The molecule has 0 radical (unpaired) electrons. The van der Waals surface area contributed by atoms with E-state index in [9.17, 15) is 4.79 Å². The molecule has 92 valence electrons. The molecule has 1 aromatic rings. The zero-order valence-corrected chi connectivity index (χ0v) is 11.7. The number of anilines is 1. The van der Waals surface area contributed by atoms with Crippen LogP contribution in [0.5, 0.6) is 0 Å². The molecule has 1 aliphatic rings. The van der Waals surface area contributed by atoms with E-state index in [1.807, 2.05) is 24.9 Å². The lowest BCUT2D eigenvalue weighted by Crippen LogP contribution is -2.34. The molecule has 0 saturated carbocycles. The Morgan fingerprint density at radius 2 is 2.18 bits per heavy atom. The van der Waals surface area contributed by atoms with Crippen LogP contribution in [0.2, 0.25) is 0 Å². The van der Waals surface area contributed by atoms with E-state index in [1.165, 1.54) is 0 Å². The molecular formula is C12H16BrN3O. The van der Waals surface area contributed by atoms with E-state index in [2.05, 4.69) is 20.9 Å². The first-order chi connectivity index (χ1) is 8.08. The Morgan fingerprint density at radius 1 is 1.41 bits per heavy atom. The molecule has 4 nitrogen and oxygen atoms in total. The van der Waals surface area contributed by atoms with Crippen LogP contribution < -0.4 is 4.90 Å². The Hall–Kier alpha value is -1.10. The predicted molar refractivity (Wildman–Crippen MR) is 71.1 cm³/mol. The molecular weight excluding hydrogens is 282 g/mol. The summed E-state index contributed by atoms with van der Waals surface area (Å²) in [5.74, 6) is 1.04. The van der Waals surface area contributed by atoms with Gasteiger partial charge < -0.3 is 9.80 Å². The van der Waals surface area contributed by atoms with Crippen LogP contribution in [0.3, 0.4) is 0 Å². The topological polar surface area (TPSA) is 36.4 Å². The van der Waals surface area contributed by atoms with Crippen LogP contribution >= 0.6 is 15.9 Å². The third kappa shape index (κ3) is 2.77.